The van der Waals surface area contributed by atoms with Crippen LogP contribution in [0.1, 0.15) is 52.0 Å². The van der Waals surface area contributed by atoms with E-state index in [9.17, 15) is 14.7 Å². The fourth-order valence-electron chi connectivity index (χ4n) is 7.75. The third kappa shape index (κ3) is 21.4. The molecule has 12 aromatic rings. The first-order chi connectivity index (χ1) is 39.7. The summed E-state index contributed by atoms with van der Waals surface area (Å²) in [7, 11) is 0. The largest absolute Gasteiger partial charge is 0.662 e. The summed E-state index contributed by atoms with van der Waals surface area (Å²) in [6.07, 6.45) is 10.1. The summed E-state index contributed by atoms with van der Waals surface area (Å²) in [4.78, 5) is 42.9. The van der Waals surface area contributed by atoms with Crippen LogP contribution >= 0.6 is 0 Å². The number of aliphatic hydroxyl groups is 1. The molecule has 85 heavy (non-hydrogen) atoms. The van der Waals surface area contributed by atoms with Crippen molar-refractivity contribution < 1.29 is 75.0 Å². The number of allylic oxidation sites excluding steroid dienone is 2. The minimum atomic E-state index is -0.740. The molecule has 3 radical (unpaired) electrons. The molecule has 0 spiro atoms. The minimum absolute atomic E-state index is 0. The summed E-state index contributed by atoms with van der Waals surface area (Å²) < 4.78 is 0. The second-order valence-corrected chi connectivity index (χ2v) is 20.4. The van der Waals surface area contributed by atoms with Gasteiger partial charge >= 0.3 is 0 Å². The summed E-state index contributed by atoms with van der Waals surface area (Å²) in [6.45, 7) is 11.1. The zero-order valence-electron chi connectivity index (χ0n) is 47.8. The van der Waals surface area contributed by atoms with Crippen LogP contribution in [0.2, 0.25) is 0 Å². The van der Waals surface area contributed by atoms with Crippen molar-refractivity contribution in [2.75, 3.05) is 0 Å². The van der Waals surface area contributed by atoms with Crippen molar-refractivity contribution in [3.05, 3.63) is 303 Å². The van der Waals surface area contributed by atoms with Crippen LogP contribution in [0, 0.1) is 35.1 Å². The fraction of sp³-hybridized carbons (Fsp3) is 0.110. The quantitative estimate of drug-likeness (QED) is 0.0985. The Morgan fingerprint density at radius 1 is 0.388 bits per heavy atom. The molecule has 9 nitrogen and oxygen atoms in total. The van der Waals surface area contributed by atoms with Crippen LogP contribution in [-0.2, 0) is 65.1 Å². The predicted molar refractivity (Wildman–Crippen MR) is 334 cm³/mol. The van der Waals surface area contributed by atoms with Gasteiger partial charge in [-0.25, -0.2) is 0 Å². The number of aromatic nitrogens is 5. The summed E-state index contributed by atoms with van der Waals surface area (Å²) in [6, 6.07) is 86.0. The maximum absolute atomic E-state index is 11.5. The molecule has 0 aliphatic carbocycles. The second-order valence-electron chi connectivity index (χ2n) is 20.4. The average molecular weight is 1650 g/mol. The van der Waals surface area contributed by atoms with Crippen LogP contribution in [0.25, 0.3) is 83.1 Å². The number of fused-ring (bicyclic) bond motifs is 3. The summed E-state index contributed by atoms with van der Waals surface area (Å²) in [5, 5.41) is 16.7. The SMILES string of the molecule is CC(C)(C)C(=O)C=C(O)C(C)(C)C.[Ir].[Ir].[Ir].[NH-]C(=O)c1ccccn1.[c-]1ccccc1-c1ccccn1.[c-]1ccccc1-c1nccc2ccccc12.[c-]1ccccc1-c1nccc2ccccc12.[c-]1ccccc1-c1nccc2ccccc12. The van der Waals surface area contributed by atoms with Crippen LogP contribution in [0.3, 0.4) is 0 Å². The Bertz CT molecular complexity index is 3620. The molecule has 12 rings (SSSR count). The molecule has 0 bridgehead atoms. The van der Waals surface area contributed by atoms with Gasteiger partial charge in [-0.05, 0) is 91.5 Å². The van der Waals surface area contributed by atoms with Crippen molar-refractivity contribution in [1.82, 2.24) is 24.9 Å². The van der Waals surface area contributed by atoms with Gasteiger partial charge in [0.15, 0.2) is 5.78 Å². The van der Waals surface area contributed by atoms with Crippen molar-refractivity contribution in [1.29, 1.82) is 0 Å². The molecular weight excluding hydrogens is 1590 g/mol. The molecule has 0 saturated carbocycles. The van der Waals surface area contributed by atoms with Gasteiger partial charge in [0, 0.05) is 108 Å². The maximum Gasteiger partial charge on any atom is 0.164 e. The van der Waals surface area contributed by atoms with E-state index in [2.05, 4.69) is 85.6 Å². The minimum Gasteiger partial charge on any atom is -0.662 e. The third-order valence-corrected chi connectivity index (χ3v) is 12.2. The first-order valence-electron chi connectivity index (χ1n) is 26.6. The number of benzene rings is 7. The number of nitrogens with one attached hydrogen (secondary N) is 1. The molecule has 435 valence electrons. The van der Waals surface area contributed by atoms with Gasteiger partial charge in [0.05, 0.1) is 11.6 Å². The third-order valence-electron chi connectivity index (χ3n) is 12.2. The number of nitrogens with zero attached hydrogens (tertiary/aromatic N) is 5. The Morgan fingerprint density at radius 3 is 1.02 bits per heavy atom. The van der Waals surface area contributed by atoms with Gasteiger partial charge in [-0.1, -0.05) is 133 Å². The molecule has 12 heteroatoms. The zero-order valence-corrected chi connectivity index (χ0v) is 55.0. The van der Waals surface area contributed by atoms with Crippen LogP contribution in [0.15, 0.2) is 267 Å². The maximum atomic E-state index is 11.5. The van der Waals surface area contributed by atoms with Crippen LogP contribution in [0.5, 0.6) is 0 Å². The molecule has 1 amide bonds. The van der Waals surface area contributed by atoms with E-state index >= 15 is 0 Å². The molecule has 0 fully saturated rings. The van der Waals surface area contributed by atoms with Crippen LogP contribution in [-0.4, -0.2) is 41.7 Å². The van der Waals surface area contributed by atoms with E-state index in [-0.39, 0.29) is 83.0 Å². The fourth-order valence-corrected chi connectivity index (χ4v) is 7.75. The van der Waals surface area contributed by atoms with Crippen LogP contribution in [0.4, 0.5) is 0 Å². The Balaban J connectivity index is 0.000000219. The Labute approximate surface area is 540 Å². The first-order valence-corrected chi connectivity index (χ1v) is 26.6. The van der Waals surface area contributed by atoms with E-state index in [1.54, 1.807) is 18.3 Å². The van der Waals surface area contributed by atoms with Crippen molar-refractivity contribution in [3.63, 3.8) is 0 Å². The number of carbonyl (C=O) groups excluding carboxylic acids is 2. The average Bonchev–Trinajstić information content (AvgIpc) is 3.61. The van der Waals surface area contributed by atoms with E-state index in [1.807, 2.05) is 230 Å². The van der Waals surface area contributed by atoms with Crippen molar-refractivity contribution in [2.45, 2.75) is 41.5 Å². The molecule has 5 aromatic heterocycles. The van der Waals surface area contributed by atoms with Gasteiger partial charge < -0.3 is 35.6 Å². The van der Waals surface area contributed by atoms with E-state index in [4.69, 9.17) is 5.73 Å². The van der Waals surface area contributed by atoms with Gasteiger partial charge in [-0.3, -0.25) is 9.78 Å². The van der Waals surface area contributed by atoms with E-state index in [1.165, 1.54) is 50.7 Å². The number of carbonyl (C=O) groups is 2. The topological polar surface area (TPSA) is 143 Å². The van der Waals surface area contributed by atoms with Gasteiger partial charge in [-0.15, -0.1) is 144 Å². The molecule has 0 aliphatic heterocycles. The molecular formula is C73H63Ir3N6O3-5. The number of aliphatic hydroxyl groups excluding tert-OH is 1. The zero-order chi connectivity index (χ0) is 58.2. The van der Waals surface area contributed by atoms with Gasteiger partial charge in [0.1, 0.15) is 5.76 Å². The smallest absolute Gasteiger partial charge is 0.164 e. The normalized spacial score (nSPS) is 10.4. The molecule has 2 N–H and O–H groups in total. The number of amides is 1. The molecule has 5 heterocycles. The standard InChI is InChI=1S/3C15H10N.C11H8N.C11H20O2.C6H6N2O.3Ir/c3*1-2-7-13(8-3-1)15-14-9-5-4-6-12(14)10-11-16-15;1-2-6-10(7-3-1)11-8-4-5-9-12-11;1-10(2,3)8(12)7-9(13)11(4,5)6;7-6(9)5-3-1-2-4-8-5;;;/h3*1-7,9-11H;1-6,8-9H;7,12H,1-6H3;1-4H,(H2,7,9);;;/q4*-1;;;;;/p-1. The first kappa shape index (κ1) is 69.2. The Kier molecular flexibility index (Phi) is 28.6. The molecule has 0 aliphatic rings. The second kappa shape index (κ2) is 35.1. The Hall–Kier alpha value is -8.30. The monoisotopic (exact) mass is 1650 g/mol. The number of hydrogen-bond acceptors (Lipinski definition) is 8. The molecule has 0 atom stereocenters. The molecule has 0 unspecified atom stereocenters. The van der Waals surface area contributed by atoms with Crippen molar-refractivity contribution >= 4 is 44.0 Å². The van der Waals surface area contributed by atoms with Gasteiger partial charge in [0.2, 0.25) is 0 Å². The predicted octanol–water partition coefficient (Wildman–Crippen LogP) is 18.0. The van der Waals surface area contributed by atoms with Crippen molar-refractivity contribution in [3.8, 4) is 45.0 Å². The number of pyridine rings is 5. The molecule has 7 aromatic carbocycles. The summed E-state index contributed by atoms with van der Waals surface area (Å²) in [5.41, 5.74) is 14.2. The van der Waals surface area contributed by atoms with E-state index in [0.717, 1.165) is 45.0 Å². The van der Waals surface area contributed by atoms with Gasteiger partial charge in [-0.2, -0.15) is 0 Å². The van der Waals surface area contributed by atoms with Gasteiger partial charge in [0.25, 0.3) is 0 Å². The number of rotatable bonds is 6. The van der Waals surface area contributed by atoms with E-state index < -0.39 is 11.3 Å². The number of ketones is 1. The van der Waals surface area contributed by atoms with Crippen LogP contribution < -0.4 is 0 Å². The summed E-state index contributed by atoms with van der Waals surface area (Å²) in [5.74, 6) is -0.636. The Morgan fingerprint density at radius 2 is 0.729 bits per heavy atom. The number of hydrogen-bond donors (Lipinski definition) is 1. The molecule has 0 saturated heterocycles. The summed E-state index contributed by atoms with van der Waals surface area (Å²) >= 11 is 0. The van der Waals surface area contributed by atoms with E-state index in [0.29, 0.717) is 0 Å². The van der Waals surface area contributed by atoms with Crippen molar-refractivity contribution in [2.24, 2.45) is 10.8 Å².